The molecule has 0 radical (unpaired) electrons. The summed E-state index contributed by atoms with van der Waals surface area (Å²) in [4.78, 5) is 18.8. The molecule has 1 heterocycles. The highest BCUT2D eigenvalue weighted by molar-refractivity contribution is 5.90. The number of hydrogen-bond donors (Lipinski definition) is 1. The molecule has 0 saturated carbocycles. The largest absolute Gasteiger partial charge is 0.462 e. The van der Waals surface area contributed by atoms with Crippen molar-refractivity contribution in [3.05, 3.63) is 17.5 Å². The standard InChI is InChI=1S/C10H12F3N3O2/c1-3-18-8(17)7-4-14-9(16-6(7)2)15-5-10(11,12)13/h4H,3,5H2,1-2H3,(H,14,15,16). The molecule has 0 aliphatic heterocycles. The topological polar surface area (TPSA) is 64.1 Å². The predicted molar refractivity (Wildman–Crippen MR) is 57.3 cm³/mol. The third-order valence-electron chi connectivity index (χ3n) is 1.92. The van der Waals surface area contributed by atoms with Crippen molar-refractivity contribution in [2.24, 2.45) is 0 Å². The van der Waals surface area contributed by atoms with Gasteiger partial charge in [0.15, 0.2) is 0 Å². The maximum absolute atomic E-state index is 12.0. The quantitative estimate of drug-likeness (QED) is 0.841. The van der Waals surface area contributed by atoms with Crippen LogP contribution < -0.4 is 5.32 Å². The van der Waals surface area contributed by atoms with Gasteiger partial charge in [0.1, 0.15) is 6.54 Å². The number of hydrogen-bond acceptors (Lipinski definition) is 5. The van der Waals surface area contributed by atoms with Gasteiger partial charge in [0, 0.05) is 6.20 Å². The van der Waals surface area contributed by atoms with Crippen LogP contribution in [0.5, 0.6) is 0 Å². The molecule has 18 heavy (non-hydrogen) atoms. The van der Waals surface area contributed by atoms with Gasteiger partial charge in [0.2, 0.25) is 5.95 Å². The Morgan fingerprint density at radius 1 is 1.50 bits per heavy atom. The molecule has 1 rings (SSSR count). The van der Waals surface area contributed by atoms with E-state index >= 15 is 0 Å². The minimum absolute atomic E-state index is 0.134. The summed E-state index contributed by atoms with van der Waals surface area (Å²) < 4.78 is 40.6. The van der Waals surface area contributed by atoms with E-state index in [9.17, 15) is 18.0 Å². The van der Waals surface area contributed by atoms with Crippen LogP contribution in [0.25, 0.3) is 0 Å². The van der Waals surface area contributed by atoms with Crippen LogP contribution in [0.2, 0.25) is 0 Å². The molecule has 0 atom stereocenters. The van der Waals surface area contributed by atoms with E-state index in [1.165, 1.54) is 6.92 Å². The van der Waals surface area contributed by atoms with Gasteiger partial charge in [0.05, 0.1) is 17.9 Å². The van der Waals surface area contributed by atoms with Gasteiger partial charge in [-0.05, 0) is 13.8 Å². The van der Waals surface area contributed by atoms with E-state index in [2.05, 4.69) is 9.97 Å². The molecule has 0 spiro atoms. The first-order valence-corrected chi connectivity index (χ1v) is 5.15. The van der Waals surface area contributed by atoms with Gasteiger partial charge in [-0.2, -0.15) is 13.2 Å². The van der Waals surface area contributed by atoms with Crippen LogP contribution in [0.3, 0.4) is 0 Å². The molecule has 100 valence electrons. The van der Waals surface area contributed by atoms with Crippen molar-refractivity contribution in [3.8, 4) is 0 Å². The molecule has 5 nitrogen and oxygen atoms in total. The van der Waals surface area contributed by atoms with Gasteiger partial charge in [-0.1, -0.05) is 0 Å². The number of rotatable bonds is 4. The summed E-state index contributed by atoms with van der Waals surface area (Å²) in [6.07, 6.45) is -3.21. The van der Waals surface area contributed by atoms with Crippen LogP contribution in [0.1, 0.15) is 23.0 Å². The fraction of sp³-hybridized carbons (Fsp3) is 0.500. The van der Waals surface area contributed by atoms with Crippen molar-refractivity contribution in [1.82, 2.24) is 9.97 Å². The molecule has 8 heteroatoms. The van der Waals surface area contributed by atoms with E-state index in [1.54, 1.807) is 6.92 Å². The first-order valence-electron chi connectivity index (χ1n) is 5.15. The summed E-state index contributed by atoms with van der Waals surface area (Å²) in [6.45, 7) is 2.11. The molecule has 1 aromatic rings. The van der Waals surface area contributed by atoms with Crippen molar-refractivity contribution in [3.63, 3.8) is 0 Å². The zero-order chi connectivity index (χ0) is 13.8. The van der Waals surface area contributed by atoms with Gasteiger partial charge >= 0.3 is 12.1 Å². The van der Waals surface area contributed by atoms with Crippen LogP contribution >= 0.6 is 0 Å². The van der Waals surface area contributed by atoms with Crippen LogP contribution in [0.4, 0.5) is 19.1 Å². The Labute approximate surface area is 101 Å². The zero-order valence-corrected chi connectivity index (χ0v) is 9.84. The first kappa shape index (κ1) is 14.2. The van der Waals surface area contributed by atoms with Gasteiger partial charge < -0.3 is 10.1 Å². The molecular weight excluding hydrogens is 251 g/mol. The number of aromatic nitrogens is 2. The van der Waals surface area contributed by atoms with Crippen molar-refractivity contribution < 1.29 is 22.7 Å². The summed E-state index contributed by atoms with van der Waals surface area (Å²) in [5.41, 5.74) is 0.391. The molecule has 0 amide bonds. The van der Waals surface area contributed by atoms with Crippen LogP contribution in [0, 0.1) is 6.92 Å². The fourth-order valence-electron chi connectivity index (χ4n) is 1.14. The number of anilines is 1. The number of aryl methyl sites for hydroxylation is 1. The SMILES string of the molecule is CCOC(=O)c1cnc(NCC(F)(F)F)nc1C. The lowest BCUT2D eigenvalue weighted by Crippen LogP contribution is -2.22. The second kappa shape index (κ2) is 5.65. The smallest absolute Gasteiger partial charge is 0.405 e. The monoisotopic (exact) mass is 263 g/mol. The molecular formula is C10H12F3N3O2. The third kappa shape index (κ3) is 4.19. The van der Waals surface area contributed by atoms with E-state index in [-0.39, 0.29) is 23.8 Å². The Kier molecular flexibility index (Phi) is 4.46. The molecule has 0 unspecified atom stereocenters. The van der Waals surface area contributed by atoms with E-state index < -0.39 is 18.7 Å². The summed E-state index contributed by atoms with van der Waals surface area (Å²) in [5, 5.41) is 2.02. The number of ether oxygens (including phenoxy) is 1. The van der Waals surface area contributed by atoms with Gasteiger partial charge in [-0.25, -0.2) is 14.8 Å². The summed E-state index contributed by atoms with van der Waals surface area (Å²) in [7, 11) is 0. The van der Waals surface area contributed by atoms with Crippen LogP contribution in [-0.2, 0) is 4.74 Å². The summed E-state index contributed by atoms with van der Waals surface area (Å²) in [5.74, 6) is -0.782. The van der Waals surface area contributed by atoms with Gasteiger partial charge in [-0.15, -0.1) is 0 Å². The molecule has 0 aliphatic rings. The molecule has 1 aromatic heterocycles. The summed E-state index contributed by atoms with van der Waals surface area (Å²) >= 11 is 0. The minimum Gasteiger partial charge on any atom is -0.462 e. The molecule has 0 saturated heterocycles. The lowest BCUT2D eigenvalue weighted by atomic mass is 10.2. The lowest BCUT2D eigenvalue weighted by Gasteiger charge is -2.09. The molecule has 0 fully saturated rings. The number of alkyl halides is 3. The predicted octanol–water partition coefficient (Wildman–Crippen LogP) is 1.94. The average Bonchev–Trinajstić information content (AvgIpc) is 2.25. The second-order valence-electron chi connectivity index (χ2n) is 3.38. The normalized spacial score (nSPS) is 11.2. The number of carbonyl (C=O) groups is 1. The van der Waals surface area contributed by atoms with Crippen molar-refractivity contribution in [2.75, 3.05) is 18.5 Å². The molecule has 0 bridgehead atoms. The molecule has 0 aromatic carbocycles. The van der Waals surface area contributed by atoms with Crippen molar-refractivity contribution in [1.29, 1.82) is 0 Å². The number of carbonyl (C=O) groups excluding carboxylic acids is 1. The number of halogens is 3. The Morgan fingerprint density at radius 2 is 2.17 bits per heavy atom. The Bertz CT molecular complexity index is 435. The maximum atomic E-state index is 12.0. The van der Waals surface area contributed by atoms with E-state index in [0.29, 0.717) is 0 Å². The maximum Gasteiger partial charge on any atom is 0.405 e. The first-order chi connectivity index (χ1) is 8.33. The third-order valence-corrected chi connectivity index (χ3v) is 1.92. The van der Waals surface area contributed by atoms with Crippen LogP contribution in [0.15, 0.2) is 6.20 Å². The Hall–Kier alpha value is -1.86. The fourth-order valence-corrected chi connectivity index (χ4v) is 1.14. The highest BCUT2D eigenvalue weighted by atomic mass is 19.4. The number of esters is 1. The zero-order valence-electron chi connectivity index (χ0n) is 9.84. The highest BCUT2D eigenvalue weighted by Gasteiger charge is 2.27. The second-order valence-corrected chi connectivity index (χ2v) is 3.38. The molecule has 1 N–H and O–H groups in total. The average molecular weight is 263 g/mol. The van der Waals surface area contributed by atoms with E-state index in [4.69, 9.17) is 4.74 Å². The Morgan fingerprint density at radius 3 is 2.67 bits per heavy atom. The van der Waals surface area contributed by atoms with Crippen molar-refractivity contribution in [2.45, 2.75) is 20.0 Å². The van der Waals surface area contributed by atoms with Gasteiger partial charge in [0.25, 0.3) is 0 Å². The number of nitrogens with zero attached hydrogens (tertiary/aromatic N) is 2. The van der Waals surface area contributed by atoms with E-state index in [1.807, 2.05) is 5.32 Å². The van der Waals surface area contributed by atoms with Crippen molar-refractivity contribution >= 4 is 11.9 Å². The lowest BCUT2D eigenvalue weighted by molar-refractivity contribution is -0.115. The van der Waals surface area contributed by atoms with E-state index in [0.717, 1.165) is 6.20 Å². The van der Waals surface area contributed by atoms with Crippen LogP contribution in [-0.4, -0.2) is 35.3 Å². The highest BCUT2D eigenvalue weighted by Crippen LogP contribution is 2.15. The molecule has 0 aliphatic carbocycles. The minimum atomic E-state index is -4.35. The van der Waals surface area contributed by atoms with Gasteiger partial charge in [-0.3, -0.25) is 0 Å². The Balaban J connectivity index is 2.76. The number of nitrogens with one attached hydrogen (secondary N) is 1. The summed E-state index contributed by atoms with van der Waals surface area (Å²) in [6, 6.07) is 0.